The van der Waals surface area contributed by atoms with Crippen LogP contribution in [0, 0.1) is 0 Å². The summed E-state index contributed by atoms with van der Waals surface area (Å²) in [6.07, 6.45) is 1.44. The Hall–Kier alpha value is -2.97. The second-order valence-electron chi connectivity index (χ2n) is 5.28. The minimum atomic E-state index is -3.64. The highest BCUT2D eigenvalue weighted by Gasteiger charge is 2.14. The molecule has 0 spiro atoms. The molecule has 8 heteroatoms. The first-order valence-corrected chi connectivity index (χ1v) is 9.20. The Bertz CT molecular complexity index is 922. The molecule has 0 aliphatic carbocycles. The fraction of sp³-hybridized carbons (Fsp3) is 0.111. The molecular formula is C18H19N3O4S. The summed E-state index contributed by atoms with van der Waals surface area (Å²) >= 11 is 0. The predicted octanol–water partition coefficient (Wildman–Crippen LogP) is 1.76. The monoisotopic (exact) mass is 373 g/mol. The number of benzene rings is 2. The van der Waals surface area contributed by atoms with Gasteiger partial charge in [-0.2, -0.15) is 0 Å². The maximum atomic E-state index is 12.3. The minimum Gasteiger partial charge on any atom is -0.355 e. The summed E-state index contributed by atoms with van der Waals surface area (Å²) in [4.78, 5) is 24.0. The first-order valence-electron chi connectivity index (χ1n) is 7.71. The minimum absolute atomic E-state index is 0.0533. The van der Waals surface area contributed by atoms with Gasteiger partial charge in [0.05, 0.1) is 4.90 Å². The lowest BCUT2D eigenvalue weighted by Gasteiger charge is -2.08. The van der Waals surface area contributed by atoms with Crippen LogP contribution in [0.1, 0.15) is 20.7 Å². The smallest absolute Gasteiger partial charge is 0.255 e. The third-order valence-electron chi connectivity index (χ3n) is 3.45. The van der Waals surface area contributed by atoms with E-state index in [-0.39, 0.29) is 22.9 Å². The number of amides is 2. The number of hydrogen-bond donors (Lipinski definition) is 3. The zero-order valence-corrected chi connectivity index (χ0v) is 15.0. The van der Waals surface area contributed by atoms with E-state index < -0.39 is 15.9 Å². The van der Waals surface area contributed by atoms with E-state index in [1.165, 1.54) is 37.4 Å². The van der Waals surface area contributed by atoms with Gasteiger partial charge in [-0.05, 0) is 42.5 Å². The van der Waals surface area contributed by atoms with Crippen molar-refractivity contribution < 1.29 is 18.0 Å². The molecule has 0 aromatic heterocycles. The molecule has 26 heavy (non-hydrogen) atoms. The molecule has 0 atom stereocenters. The number of hydrogen-bond acceptors (Lipinski definition) is 4. The average molecular weight is 373 g/mol. The molecule has 0 aliphatic heterocycles. The SMILES string of the molecule is C=CCNS(=O)(=O)c1ccc(C(=O)Nc2cccc(C(=O)NC)c2)cc1. The zero-order chi connectivity index (χ0) is 19.2. The van der Waals surface area contributed by atoms with Gasteiger partial charge in [0, 0.05) is 30.4 Å². The summed E-state index contributed by atoms with van der Waals surface area (Å²) in [6, 6.07) is 12.0. The van der Waals surface area contributed by atoms with E-state index in [2.05, 4.69) is 21.9 Å². The highest BCUT2D eigenvalue weighted by molar-refractivity contribution is 7.89. The standard InChI is InChI=1S/C18H19N3O4S/c1-3-11-20-26(24,25)16-9-7-13(8-10-16)18(23)21-15-6-4-5-14(12-15)17(22)19-2/h3-10,12,20H,1,11H2,2H3,(H,19,22)(H,21,23). The number of sulfonamides is 1. The van der Waals surface area contributed by atoms with E-state index >= 15 is 0 Å². The Morgan fingerprint density at radius 2 is 1.73 bits per heavy atom. The highest BCUT2D eigenvalue weighted by Crippen LogP contribution is 2.14. The van der Waals surface area contributed by atoms with Gasteiger partial charge in [-0.25, -0.2) is 13.1 Å². The van der Waals surface area contributed by atoms with Crippen molar-refractivity contribution in [2.75, 3.05) is 18.9 Å². The Morgan fingerprint density at radius 3 is 2.35 bits per heavy atom. The average Bonchev–Trinajstić information content (AvgIpc) is 2.66. The van der Waals surface area contributed by atoms with Crippen molar-refractivity contribution in [2.24, 2.45) is 0 Å². The topological polar surface area (TPSA) is 104 Å². The molecule has 2 aromatic rings. The molecule has 2 aromatic carbocycles. The molecule has 2 amide bonds. The van der Waals surface area contributed by atoms with Crippen LogP contribution in [0.3, 0.4) is 0 Å². The van der Waals surface area contributed by atoms with E-state index in [9.17, 15) is 18.0 Å². The van der Waals surface area contributed by atoms with Gasteiger partial charge in [-0.3, -0.25) is 9.59 Å². The molecule has 0 bridgehead atoms. The number of carbonyl (C=O) groups excluding carboxylic acids is 2. The number of anilines is 1. The zero-order valence-electron chi connectivity index (χ0n) is 14.2. The van der Waals surface area contributed by atoms with Crippen molar-refractivity contribution in [1.29, 1.82) is 0 Å². The molecule has 0 saturated heterocycles. The van der Waals surface area contributed by atoms with Crippen LogP contribution >= 0.6 is 0 Å². The fourth-order valence-electron chi connectivity index (χ4n) is 2.12. The van der Waals surface area contributed by atoms with Crippen LogP contribution in [0.15, 0.2) is 66.1 Å². The fourth-order valence-corrected chi connectivity index (χ4v) is 3.12. The summed E-state index contributed by atoms with van der Waals surface area (Å²) in [5.41, 5.74) is 1.17. The third kappa shape index (κ3) is 4.78. The molecule has 7 nitrogen and oxygen atoms in total. The summed E-state index contributed by atoms with van der Waals surface area (Å²) in [6.45, 7) is 3.57. The van der Waals surface area contributed by atoms with Crippen molar-refractivity contribution in [1.82, 2.24) is 10.0 Å². The van der Waals surface area contributed by atoms with E-state index in [0.717, 1.165) is 0 Å². The molecule has 136 valence electrons. The van der Waals surface area contributed by atoms with Crippen LogP contribution in [0.5, 0.6) is 0 Å². The molecule has 0 saturated carbocycles. The summed E-state index contributed by atoms with van der Waals surface area (Å²) in [7, 11) is -2.12. The van der Waals surface area contributed by atoms with Crippen LogP contribution in [-0.2, 0) is 10.0 Å². The van der Waals surface area contributed by atoms with Gasteiger partial charge in [0.25, 0.3) is 11.8 Å². The molecule has 2 rings (SSSR count). The molecule has 0 unspecified atom stereocenters. The summed E-state index contributed by atoms with van der Waals surface area (Å²) in [5, 5.41) is 5.18. The lowest BCUT2D eigenvalue weighted by molar-refractivity contribution is 0.0961. The van der Waals surface area contributed by atoms with Gasteiger partial charge in [0.1, 0.15) is 0 Å². The van der Waals surface area contributed by atoms with Gasteiger partial charge in [-0.15, -0.1) is 6.58 Å². The summed E-state index contributed by atoms with van der Waals surface area (Å²) < 4.78 is 26.3. The van der Waals surface area contributed by atoms with E-state index in [1.54, 1.807) is 24.3 Å². The van der Waals surface area contributed by atoms with Crippen LogP contribution in [0.25, 0.3) is 0 Å². The Balaban J connectivity index is 2.13. The maximum Gasteiger partial charge on any atom is 0.255 e. The first-order chi connectivity index (χ1) is 12.4. The van der Waals surface area contributed by atoms with Gasteiger partial charge < -0.3 is 10.6 Å². The molecule has 0 aliphatic rings. The van der Waals surface area contributed by atoms with Crippen LogP contribution in [0.2, 0.25) is 0 Å². The van der Waals surface area contributed by atoms with E-state index in [1.807, 2.05) is 0 Å². The van der Waals surface area contributed by atoms with Crippen LogP contribution in [0.4, 0.5) is 5.69 Å². The van der Waals surface area contributed by atoms with Gasteiger partial charge in [0.15, 0.2) is 0 Å². The molecule has 0 radical (unpaired) electrons. The van der Waals surface area contributed by atoms with Gasteiger partial charge >= 0.3 is 0 Å². The Morgan fingerprint density at radius 1 is 1.04 bits per heavy atom. The molecule has 3 N–H and O–H groups in total. The van der Waals surface area contributed by atoms with Crippen molar-refractivity contribution >= 4 is 27.5 Å². The quantitative estimate of drug-likeness (QED) is 0.643. The normalized spacial score (nSPS) is 10.8. The second kappa shape index (κ2) is 8.41. The lowest BCUT2D eigenvalue weighted by Crippen LogP contribution is -2.23. The molecular weight excluding hydrogens is 354 g/mol. The van der Waals surface area contributed by atoms with Gasteiger partial charge in [0.2, 0.25) is 10.0 Å². The van der Waals surface area contributed by atoms with Crippen LogP contribution < -0.4 is 15.4 Å². The summed E-state index contributed by atoms with van der Waals surface area (Å²) in [5.74, 6) is -0.676. The van der Waals surface area contributed by atoms with Crippen molar-refractivity contribution in [3.8, 4) is 0 Å². The van der Waals surface area contributed by atoms with E-state index in [0.29, 0.717) is 11.3 Å². The van der Waals surface area contributed by atoms with Gasteiger partial charge in [-0.1, -0.05) is 12.1 Å². The van der Waals surface area contributed by atoms with Crippen molar-refractivity contribution in [3.63, 3.8) is 0 Å². The highest BCUT2D eigenvalue weighted by atomic mass is 32.2. The largest absolute Gasteiger partial charge is 0.355 e. The third-order valence-corrected chi connectivity index (χ3v) is 4.89. The van der Waals surface area contributed by atoms with Crippen molar-refractivity contribution in [2.45, 2.75) is 4.90 Å². The maximum absolute atomic E-state index is 12.3. The van der Waals surface area contributed by atoms with Crippen LogP contribution in [-0.4, -0.2) is 33.8 Å². The van der Waals surface area contributed by atoms with E-state index in [4.69, 9.17) is 0 Å². The number of rotatable bonds is 7. The van der Waals surface area contributed by atoms with Crippen molar-refractivity contribution in [3.05, 3.63) is 72.3 Å². The number of carbonyl (C=O) groups is 2. The Labute approximate surface area is 152 Å². The predicted molar refractivity (Wildman–Crippen MR) is 99.6 cm³/mol. The Kier molecular flexibility index (Phi) is 6.26. The molecule has 0 fully saturated rings. The number of nitrogens with one attached hydrogen (secondary N) is 3. The first kappa shape index (κ1) is 19.4. The second-order valence-corrected chi connectivity index (χ2v) is 7.05. The lowest BCUT2D eigenvalue weighted by atomic mass is 10.1. The molecule has 0 heterocycles.